The van der Waals surface area contributed by atoms with Crippen LogP contribution in [0, 0.1) is 0 Å². The summed E-state index contributed by atoms with van der Waals surface area (Å²) in [6.45, 7) is 6.91. The number of unbranched alkanes of at least 4 members (excludes halogenated alkanes) is 1. The van der Waals surface area contributed by atoms with E-state index in [1.54, 1.807) is 0 Å². The Bertz CT molecular complexity index is 211. The average Bonchev–Trinajstić information content (AvgIpc) is 2.35. The highest BCUT2D eigenvalue weighted by atomic mass is 35.5. The van der Waals surface area contributed by atoms with E-state index in [1.165, 1.54) is 12.8 Å². The first-order valence-corrected chi connectivity index (χ1v) is 7.86. The van der Waals surface area contributed by atoms with Crippen LogP contribution in [0.15, 0.2) is 0 Å². The van der Waals surface area contributed by atoms with Gasteiger partial charge in [0.1, 0.15) is 0 Å². The molecule has 0 fully saturated rings. The van der Waals surface area contributed by atoms with Gasteiger partial charge in [0.05, 0.1) is 0 Å². The summed E-state index contributed by atoms with van der Waals surface area (Å²) in [5, 5.41) is 2.94. The number of rotatable bonds is 10. The van der Waals surface area contributed by atoms with Gasteiger partial charge in [0.25, 0.3) is 0 Å². The Balaban J connectivity index is 0. The molecular weight excluding hydrogens is 268 g/mol. The zero-order chi connectivity index (χ0) is 13.1. The van der Waals surface area contributed by atoms with Crippen molar-refractivity contribution in [2.45, 2.75) is 58.4 Å². The van der Waals surface area contributed by atoms with E-state index in [2.05, 4.69) is 26.1 Å². The minimum Gasteiger partial charge on any atom is -0.354 e. The highest BCUT2D eigenvalue weighted by Crippen LogP contribution is 2.10. The summed E-state index contributed by atoms with van der Waals surface area (Å²) in [6, 6.07) is 0. The van der Waals surface area contributed by atoms with Crippen LogP contribution < -0.4 is 11.1 Å². The van der Waals surface area contributed by atoms with Crippen molar-refractivity contribution in [3.8, 4) is 0 Å². The summed E-state index contributed by atoms with van der Waals surface area (Å²) in [6.07, 6.45) is 4.87. The van der Waals surface area contributed by atoms with Gasteiger partial charge in [0.2, 0.25) is 5.91 Å². The number of hydrogen-bond donors (Lipinski definition) is 2. The van der Waals surface area contributed by atoms with Gasteiger partial charge in [-0.3, -0.25) is 4.79 Å². The van der Waals surface area contributed by atoms with Gasteiger partial charge < -0.3 is 11.1 Å². The molecule has 110 valence electrons. The minimum atomic E-state index is -0.231. The molecule has 0 saturated carbocycles. The van der Waals surface area contributed by atoms with E-state index in [1.807, 2.05) is 11.8 Å². The van der Waals surface area contributed by atoms with E-state index >= 15 is 0 Å². The van der Waals surface area contributed by atoms with Crippen LogP contribution in [0.2, 0.25) is 0 Å². The third-order valence-corrected chi connectivity index (χ3v) is 4.23. The fourth-order valence-corrected chi connectivity index (χ4v) is 2.40. The first-order chi connectivity index (χ1) is 8.08. The second-order valence-electron chi connectivity index (χ2n) is 4.56. The van der Waals surface area contributed by atoms with E-state index in [0.717, 1.165) is 24.3 Å². The lowest BCUT2D eigenvalue weighted by atomic mass is 9.94. The van der Waals surface area contributed by atoms with Gasteiger partial charge in [0, 0.05) is 24.3 Å². The lowest BCUT2D eigenvalue weighted by Gasteiger charge is -2.26. The quantitative estimate of drug-likeness (QED) is 0.609. The predicted molar refractivity (Wildman–Crippen MR) is 84.6 cm³/mol. The topological polar surface area (TPSA) is 55.1 Å². The van der Waals surface area contributed by atoms with Gasteiger partial charge in [-0.05, 0) is 25.0 Å². The molecule has 0 aromatic rings. The smallest absolute Gasteiger partial charge is 0.220 e. The van der Waals surface area contributed by atoms with Crippen molar-refractivity contribution < 1.29 is 4.79 Å². The van der Waals surface area contributed by atoms with Crippen LogP contribution >= 0.6 is 24.2 Å². The van der Waals surface area contributed by atoms with Crippen LogP contribution in [0.4, 0.5) is 0 Å². The highest BCUT2D eigenvalue weighted by Gasteiger charge is 2.20. The summed E-state index contributed by atoms with van der Waals surface area (Å²) < 4.78 is 0. The average molecular weight is 297 g/mol. The number of halogens is 1. The fraction of sp³-hybridized carbons (Fsp3) is 0.923. The maximum absolute atomic E-state index is 11.6. The number of amides is 1. The van der Waals surface area contributed by atoms with E-state index in [4.69, 9.17) is 5.73 Å². The maximum atomic E-state index is 11.6. The van der Waals surface area contributed by atoms with Crippen LogP contribution in [-0.2, 0) is 4.79 Å². The second kappa shape index (κ2) is 12.1. The number of thioether (sulfide) groups is 1. The molecule has 5 heteroatoms. The molecule has 0 rings (SSSR count). The molecule has 0 aliphatic carbocycles. The van der Waals surface area contributed by atoms with Gasteiger partial charge in [-0.2, -0.15) is 11.8 Å². The molecule has 0 aromatic heterocycles. The molecule has 0 unspecified atom stereocenters. The Morgan fingerprint density at radius 2 is 1.83 bits per heavy atom. The van der Waals surface area contributed by atoms with Gasteiger partial charge in [-0.15, -0.1) is 12.4 Å². The van der Waals surface area contributed by atoms with E-state index in [-0.39, 0.29) is 23.9 Å². The predicted octanol–water partition coefficient (Wildman–Crippen LogP) is 2.97. The van der Waals surface area contributed by atoms with E-state index in [0.29, 0.717) is 13.0 Å². The SMILES string of the molecule is CCCCSCCC(=O)NCC(N)(CC)CC.Cl. The number of carbonyl (C=O) groups excluding carboxylic acids is 1. The third kappa shape index (κ3) is 10.0. The third-order valence-electron chi connectivity index (χ3n) is 3.16. The summed E-state index contributed by atoms with van der Waals surface area (Å²) in [5.41, 5.74) is 5.89. The minimum absolute atomic E-state index is 0. The standard InChI is InChI=1S/C13H28N2OS.ClH/c1-4-7-9-17-10-8-12(16)15-11-13(14,5-2)6-3;/h4-11,14H2,1-3H3,(H,15,16);1H. The molecule has 0 aromatic carbocycles. The van der Waals surface area contributed by atoms with Gasteiger partial charge in [0.15, 0.2) is 0 Å². The molecule has 0 saturated heterocycles. The lowest BCUT2D eigenvalue weighted by Crippen LogP contribution is -2.49. The Labute approximate surface area is 122 Å². The first kappa shape index (κ1) is 20.4. The molecule has 18 heavy (non-hydrogen) atoms. The Kier molecular flexibility index (Phi) is 13.7. The summed E-state index contributed by atoms with van der Waals surface area (Å²) in [4.78, 5) is 11.6. The van der Waals surface area contributed by atoms with Gasteiger partial charge in [-0.1, -0.05) is 27.2 Å². The normalized spacial score (nSPS) is 10.9. The summed E-state index contributed by atoms with van der Waals surface area (Å²) in [5.74, 6) is 2.21. The van der Waals surface area contributed by atoms with Crippen molar-refractivity contribution in [2.75, 3.05) is 18.1 Å². The lowest BCUT2D eigenvalue weighted by molar-refractivity contribution is -0.120. The first-order valence-electron chi connectivity index (χ1n) is 6.71. The number of nitrogens with two attached hydrogens (primary N) is 1. The van der Waals surface area contributed by atoms with Gasteiger partial charge in [-0.25, -0.2) is 0 Å². The van der Waals surface area contributed by atoms with Crippen LogP contribution in [0.5, 0.6) is 0 Å². The van der Waals surface area contributed by atoms with E-state index < -0.39 is 0 Å². The Hall–Kier alpha value is 0.0700. The van der Waals surface area contributed by atoms with E-state index in [9.17, 15) is 4.79 Å². The highest BCUT2D eigenvalue weighted by molar-refractivity contribution is 7.99. The molecular formula is C13H29ClN2OS. The summed E-state index contributed by atoms with van der Waals surface area (Å²) in [7, 11) is 0. The van der Waals surface area contributed by atoms with Crippen LogP contribution in [0.3, 0.4) is 0 Å². The Morgan fingerprint density at radius 3 is 2.33 bits per heavy atom. The second-order valence-corrected chi connectivity index (χ2v) is 5.79. The molecule has 1 amide bonds. The zero-order valence-corrected chi connectivity index (χ0v) is 13.6. The summed E-state index contributed by atoms with van der Waals surface area (Å²) >= 11 is 1.86. The van der Waals surface area contributed by atoms with Crippen molar-refractivity contribution in [3.63, 3.8) is 0 Å². The molecule has 0 aliphatic heterocycles. The number of nitrogens with one attached hydrogen (secondary N) is 1. The van der Waals surface area contributed by atoms with Crippen molar-refractivity contribution in [1.29, 1.82) is 0 Å². The molecule has 0 aliphatic rings. The molecule has 0 heterocycles. The fourth-order valence-electron chi connectivity index (χ4n) is 1.38. The number of carbonyl (C=O) groups is 1. The zero-order valence-electron chi connectivity index (χ0n) is 12.0. The van der Waals surface area contributed by atoms with Crippen molar-refractivity contribution >= 4 is 30.1 Å². The largest absolute Gasteiger partial charge is 0.354 e. The molecule has 0 spiro atoms. The Morgan fingerprint density at radius 1 is 1.22 bits per heavy atom. The van der Waals surface area contributed by atoms with Crippen LogP contribution in [-0.4, -0.2) is 29.5 Å². The van der Waals surface area contributed by atoms with Crippen LogP contribution in [0.1, 0.15) is 52.9 Å². The number of hydrogen-bond acceptors (Lipinski definition) is 3. The maximum Gasteiger partial charge on any atom is 0.220 e. The van der Waals surface area contributed by atoms with Crippen LogP contribution in [0.25, 0.3) is 0 Å². The molecule has 0 bridgehead atoms. The monoisotopic (exact) mass is 296 g/mol. The molecule has 0 radical (unpaired) electrons. The van der Waals surface area contributed by atoms with Crippen molar-refractivity contribution in [3.05, 3.63) is 0 Å². The molecule has 3 N–H and O–H groups in total. The molecule has 0 atom stereocenters. The van der Waals surface area contributed by atoms with Crippen molar-refractivity contribution in [1.82, 2.24) is 5.32 Å². The van der Waals surface area contributed by atoms with Gasteiger partial charge >= 0.3 is 0 Å². The van der Waals surface area contributed by atoms with Crippen molar-refractivity contribution in [2.24, 2.45) is 5.73 Å². The molecule has 3 nitrogen and oxygen atoms in total.